The summed E-state index contributed by atoms with van der Waals surface area (Å²) in [6.07, 6.45) is 0. The molecule has 1 unspecified atom stereocenters. The van der Waals surface area contributed by atoms with Crippen LogP contribution in [0.25, 0.3) is 11.0 Å². The first kappa shape index (κ1) is 20.4. The van der Waals surface area contributed by atoms with E-state index in [9.17, 15) is 13.2 Å². The smallest absolute Gasteiger partial charge is 0.247 e. The second-order valence-electron chi connectivity index (χ2n) is 6.32. The molecular formula is C20H15ClN4O3S2. The first-order chi connectivity index (χ1) is 14.5. The van der Waals surface area contributed by atoms with Crippen LogP contribution in [0.15, 0.2) is 77.7 Å². The van der Waals surface area contributed by atoms with Crippen LogP contribution in [0.2, 0.25) is 5.02 Å². The number of amides is 1. The summed E-state index contributed by atoms with van der Waals surface area (Å²) in [5, 5.41) is 3.04. The number of para-hydroxylation sites is 1. The largest absolute Gasteiger partial charge is 0.323 e. The topological polar surface area (TPSA) is 101 Å². The SMILES string of the molecule is O=C(Nc1ccccc1Cl)C(NS(=O)(=O)c1cccc2nsnc12)c1ccccc1. The van der Waals surface area contributed by atoms with Gasteiger partial charge in [-0.15, -0.1) is 0 Å². The molecule has 0 bridgehead atoms. The molecule has 0 spiro atoms. The van der Waals surface area contributed by atoms with Crippen LogP contribution in [-0.2, 0) is 14.8 Å². The maximum Gasteiger partial charge on any atom is 0.247 e. The molecule has 1 aromatic heterocycles. The van der Waals surface area contributed by atoms with E-state index >= 15 is 0 Å². The number of aromatic nitrogens is 2. The lowest BCUT2D eigenvalue weighted by molar-refractivity contribution is -0.117. The number of carbonyl (C=O) groups excluding carboxylic acids is 1. The first-order valence-electron chi connectivity index (χ1n) is 8.80. The van der Waals surface area contributed by atoms with Crippen LogP contribution >= 0.6 is 23.3 Å². The van der Waals surface area contributed by atoms with Crippen molar-refractivity contribution in [3.05, 3.63) is 83.4 Å². The molecule has 30 heavy (non-hydrogen) atoms. The van der Waals surface area contributed by atoms with Crippen molar-refractivity contribution in [1.82, 2.24) is 13.5 Å². The van der Waals surface area contributed by atoms with E-state index in [4.69, 9.17) is 11.6 Å². The maximum atomic E-state index is 13.2. The highest BCUT2D eigenvalue weighted by Crippen LogP contribution is 2.26. The van der Waals surface area contributed by atoms with Crippen LogP contribution in [0.1, 0.15) is 11.6 Å². The molecule has 4 rings (SSSR count). The number of anilines is 1. The molecule has 0 saturated carbocycles. The summed E-state index contributed by atoms with van der Waals surface area (Å²) >= 11 is 7.06. The number of rotatable bonds is 6. The number of fused-ring (bicyclic) bond motifs is 1. The van der Waals surface area contributed by atoms with Gasteiger partial charge in [-0.1, -0.05) is 60.1 Å². The Kier molecular flexibility index (Phi) is 5.78. The molecule has 2 N–H and O–H groups in total. The summed E-state index contributed by atoms with van der Waals surface area (Å²) < 4.78 is 37.0. The van der Waals surface area contributed by atoms with E-state index in [1.807, 2.05) is 0 Å². The van der Waals surface area contributed by atoms with Crippen molar-refractivity contribution in [3.8, 4) is 0 Å². The number of nitrogens with zero attached hydrogens (tertiary/aromatic N) is 2. The van der Waals surface area contributed by atoms with E-state index in [0.717, 1.165) is 11.7 Å². The van der Waals surface area contributed by atoms with Gasteiger partial charge >= 0.3 is 0 Å². The average Bonchev–Trinajstić information content (AvgIpc) is 3.23. The maximum absolute atomic E-state index is 13.2. The van der Waals surface area contributed by atoms with Crippen molar-refractivity contribution in [2.24, 2.45) is 0 Å². The minimum atomic E-state index is -4.09. The zero-order valence-corrected chi connectivity index (χ0v) is 17.7. The fourth-order valence-corrected chi connectivity index (χ4v) is 5.04. The number of halogens is 1. The molecule has 0 radical (unpaired) electrons. The monoisotopic (exact) mass is 458 g/mol. The minimum absolute atomic E-state index is 0.0415. The molecule has 4 aromatic rings. The summed E-state index contributed by atoms with van der Waals surface area (Å²) in [6, 6.07) is 18.8. The van der Waals surface area contributed by atoms with E-state index in [1.54, 1.807) is 66.7 Å². The second kappa shape index (κ2) is 8.49. The summed E-state index contributed by atoms with van der Waals surface area (Å²) in [4.78, 5) is 13.0. The van der Waals surface area contributed by atoms with E-state index in [0.29, 0.717) is 21.8 Å². The highest BCUT2D eigenvalue weighted by Gasteiger charge is 2.29. The van der Waals surface area contributed by atoms with Crippen molar-refractivity contribution in [3.63, 3.8) is 0 Å². The zero-order valence-electron chi connectivity index (χ0n) is 15.3. The van der Waals surface area contributed by atoms with E-state index in [1.165, 1.54) is 6.07 Å². The van der Waals surface area contributed by atoms with Gasteiger partial charge in [-0.3, -0.25) is 4.79 Å². The van der Waals surface area contributed by atoms with Gasteiger partial charge in [-0.2, -0.15) is 13.5 Å². The Labute approximate surface area is 182 Å². The van der Waals surface area contributed by atoms with Crippen molar-refractivity contribution in [2.75, 3.05) is 5.32 Å². The molecule has 1 amide bonds. The Balaban J connectivity index is 1.71. The van der Waals surface area contributed by atoms with Crippen molar-refractivity contribution >= 4 is 56.0 Å². The first-order valence-corrected chi connectivity index (χ1v) is 11.4. The fraction of sp³-hybridized carbons (Fsp3) is 0.0500. The third kappa shape index (κ3) is 4.19. The lowest BCUT2D eigenvalue weighted by atomic mass is 10.1. The van der Waals surface area contributed by atoms with Gasteiger partial charge in [0, 0.05) is 0 Å². The Morgan fingerprint density at radius 3 is 2.43 bits per heavy atom. The summed E-state index contributed by atoms with van der Waals surface area (Å²) in [7, 11) is -4.09. The van der Waals surface area contributed by atoms with Crippen molar-refractivity contribution in [2.45, 2.75) is 10.9 Å². The van der Waals surface area contributed by atoms with Gasteiger partial charge in [0.25, 0.3) is 0 Å². The highest BCUT2D eigenvalue weighted by atomic mass is 35.5. The highest BCUT2D eigenvalue weighted by molar-refractivity contribution is 7.89. The Bertz CT molecular complexity index is 1310. The molecule has 0 aliphatic carbocycles. The minimum Gasteiger partial charge on any atom is -0.323 e. The predicted octanol–water partition coefficient (Wildman–Crippen LogP) is 4.00. The van der Waals surface area contributed by atoms with Crippen LogP contribution in [-0.4, -0.2) is 23.1 Å². The molecular weight excluding hydrogens is 444 g/mol. The molecule has 0 fully saturated rings. The van der Waals surface area contributed by atoms with Gasteiger partial charge in [0.15, 0.2) is 0 Å². The number of sulfonamides is 1. The number of hydrogen-bond acceptors (Lipinski definition) is 6. The summed E-state index contributed by atoms with van der Waals surface area (Å²) in [6.45, 7) is 0. The number of hydrogen-bond donors (Lipinski definition) is 2. The predicted molar refractivity (Wildman–Crippen MR) is 117 cm³/mol. The van der Waals surface area contributed by atoms with Crippen LogP contribution in [0.5, 0.6) is 0 Å². The quantitative estimate of drug-likeness (QED) is 0.454. The standard InChI is InChI=1S/C20H15ClN4O3S2/c21-14-9-4-5-10-15(14)22-20(26)18(13-7-2-1-3-8-13)25-30(27,28)17-12-6-11-16-19(17)24-29-23-16/h1-12,18,25H,(H,22,26). The van der Waals surface area contributed by atoms with E-state index in [2.05, 4.69) is 18.8 Å². The van der Waals surface area contributed by atoms with E-state index < -0.39 is 22.0 Å². The van der Waals surface area contributed by atoms with Crippen LogP contribution < -0.4 is 10.0 Å². The Morgan fingerprint density at radius 2 is 1.67 bits per heavy atom. The van der Waals surface area contributed by atoms with Crippen LogP contribution in [0, 0.1) is 0 Å². The molecule has 0 saturated heterocycles. The van der Waals surface area contributed by atoms with Gasteiger partial charge in [0.1, 0.15) is 22.0 Å². The summed E-state index contributed by atoms with van der Waals surface area (Å²) in [5.41, 5.74) is 1.59. The van der Waals surface area contributed by atoms with Crippen LogP contribution in [0.3, 0.4) is 0 Å². The van der Waals surface area contributed by atoms with E-state index in [-0.39, 0.29) is 10.4 Å². The van der Waals surface area contributed by atoms with Crippen molar-refractivity contribution < 1.29 is 13.2 Å². The van der Waals surface area contributed by atoms with Gasteiger partial charge in [0.05, 0.1) is 22.4 Å². The summed E-state index contributed by atoms with van der Waals surface area (Å²) in [5.74, 6) is -0.568. The lowest BCUT2D eigenvalue weighted by Gasteiger charge is -2.19. The Morgan fingerprint density at radius 1 is 0.933 bits per heavy atom. The number of benzene rings is 3. The lowest BCUT2D eigenvalue weighted by Crippen LogP contribution is -2.37. The molecule has 1 heterocycles. The molecule has 3 aromatic carbocycles. The molecule has 10 heteroatoms. The zero-order chi connectivity index (χ0) is 21.1. The molecule has 0 aliphatic rings. The fourth-order valence-electron chi connectivity index (χ4n) is 2.90. The van der Waals surface area contributed by atoms with Gasteiger partial charge < -0.3 is 5.32 Å². The van der Waals surface area contributed by atoms with Crippen LogP contribution in [0.4, 0.5) is 5.69 Å². The number of carbonyl (C=O) groups is 1. The molecule has 7 nitrogen and oxygen atoms in total. The molecule has 0 aliphatic heterocycles. The molecule has 1 atom stereocenters. The third-order valence-electron chi connectivity index (χ3n) is 4.34. The number of nitrogens with one attached hydrogen (secondary N) is 2. The van der Waals surface area contributed by atoms with Gasteiger partial charge in [0.2, 0.25) is 15.9 Å². The van der Waals surface area contributed by atoms with Crippen molar-refractivity contribution in [1.29, 1.82) is 0 Å². The van der Waals surface area contributed by atoms with Gasteiger partial charge in [-0.25, -0.2) is 8.42 Å². The third-order valence-corrected chi connectivity index (χ3v) is 6.66. The normalized spacial score (nSPS) is 12.6. The van der Waals surface area contributed by atoms with Gasteiger partial charge in [-0.05, 0) is 29.8 Å². The average molecular weight is 459 g/mol. The molecule has 152 valence electrons. The Hall–Kier alpha value is -2.85. The second-order valence-corrected chi connectivity index (χ2v) is 8.94.